The van der Waals surface area contributed by atoms with Gasteiger partial charge in [-0.15, -0.1) is 0 Å². The van der Waals surface area contributed by atoms with E-state index in [4.69, 9.17) is 61.1 Å². The van der Waals surface area contributed by atoms with Crippen molar-refractivity contribution >= 4 is 47.1 Å². The second kappa shape index (κ2) is 44.3. The van der Waals surface area contributed by atoms with E-state index >= 15 is 0 Å². The number of rotatable bonds is 27. The van der Waals surface area contributed by atoms with Crippen LogP contribution in [0.4, 0.5) is 0 Å². The summed E-state index contributed by atoms with van der Waals surface area (Å²) in [4.78, 5) is 48.8. The molecule has 0 saturated heterocycles. The molecule has 0 unspecified atom stereocenters. The van der Waals surface area contributed by atoms with Gasteiger partial charge in [0.05, 0.1) is 61.9 Å². The van der Waals surface area contributed by atoms with E-state index in [1.165, 1.54) is 18.4 Å². The van der Waals surface area contributed by atoms with Gasteiger partial charge in [-0.1, -0.05) is 223 Å². The summed E-state index contributed by atoms with van der Waals surface area (Å²) < 4.78 is 43.7. The molecule has 0 radical (unpaired) electrons. The predicted octanol–water partition coefficient (Wildman–Crippen LogP) is 20.1. The zero-order valence-corrected chi connectivity index (χ0v) is 56.3. The average molecular weight is 1310 g/mol. The van der Waals surface area contributed by atoms with E-state index in [1.54, 1.807) is 54.6 Å². The Kier molecular flexibility index (Phi) is 36.0. The number of aryl methyl sites for hydroxylation is 2. The quantitative estimate of drug-likeness (QED) is 0.0209. The molecule has 8 aromatic rings. The van der Waals surface area contributed by atoms with Crippen molar-refractivity contribution in [1.29, 1.82) is 0 Å². The summed E-state index contributed by atoms with van der Waals surface area (Å²) in [6, 6.07) is 67.7. The molecule has 8 aromatic carbocycles. The smallest absolute Gasteiger partial charge is 0.338 e. The SMILES string of the molecule is CC(C)(COCOc1ccccc1)COC(=O)c1ccccc1.CCCCOC(=O)c1ccccc1-c1ccccc1C(=O)OCCCC.CCCc1ccccc1.Cc1ccc(Cl)cc1Cl.O=C(OCC1CCC(COCOc2ccccc2)CC1)c1ccccc1.[HH]. The fourth-order valence-corrected chi connectivity index (χ4v) is 9.64. The largest absolute Gasteiger partial charge is 0.468 e. The fraction of sp³-hybridized carbons (Fsp3) is 0.342. The number of carbonyl (C=O) groups excluding carboxylic acids is 4. The van der Waals surface area contributed by atoms with Crippen LogP contribution in [0.3, 0.4) is 0 Å². The van der Waals surface area contributed by atoms with E-state index in [0.29, 0.717) is 83.5 Å². The van der Waals surface area contributed by atoms with Gasteiger partial charge < -0.3 is 37.9 Å². The minimum absolute atomic E-state index is 0. The first-order valence-electron chi connectivity index (χ1n) is 32.1. The second-order valence-corrected chi connectivity index (χ2v) is 23.9. The van der Waals surface area contributed by atoms with Crippen LogP contribution >= 0.6 is 23.2 Å². The van der Waals surface area contributed by atoms with E-state index in [-0.39, 0.29) is 44.1 Å². The molecule has 0 aromatic heterocycles. The average Bonchev–Trinajstić information content (AvgIpc) is 0.828. The highest BCUT2D eigenvalue weighted by atomic mass is 35.5. The number of ether oxygens (including phenoxy) is 8. The van der Waals surface area contributed by atoms with Crippen molar-refractivity contribution in [2.45, 2.75) is 106 Å². The summed E-state index contributed by atoms with van der Waals surface area (Å²) in [5.41, 5.74) is 5.65. The van der Waals surface area contributed by atoms with Gasteiger partial charge in [-0.3, -0.25) is 0 Å². The molecule has 0 bridgehead atoms. The van der Waals surface area contributed by atoms with Crippen molar-refractivity contribution in [3.63, 3.8) is 0 Å². The first kappa shape index (κ1) is 75.5. The van der Waals surface area contributed by atoms with Crippen LogP contribution in [0.15, 0.2) is 218 Å². The Balaban J connectivity index is 0.000000264. The number of hydrogen-bond acceptors (Lipinski definition) is 12. The minimum atomic E-state index is -0.372. The van der Waals surface area contributed by atoms with Gasteiger partial charge in [0.15, 0.2) is 13.6 Å². The number of carbonyl (C=O) groups is 4. The van der Waals surface area contributed by atoms with Crippen molar-refractivity contribution < 1.29 is 58.5 Å². The van der Waals surface area contributed by atoms with Crippen LogP contribution in [0, 0.1) is 24.2 Å². The first-order chi connectivity index (χ1) is 45.2. The maximum atomic E-state index is 12.5. The Labute approximate surface area is 563 Å². The van der Waals surface area contributed by atoms with E-state index in [0.717, 1.165) is 80.1 Å². The molecule has 1 aliphatic carbocycles. The van der Waals surface area contributed by atoms with Gasteiger partial charge in [-0.25, -0.2) is 19.2 Å². The Morgan fingerprint density at radius 1 is 0.452 bits per heavy atom. The maximum Gasteiger partial charge on any atom is 0.338 e. The lowest BCUT2D eigenvalue weighted by Gasteiger charge is -2.28. The van der Waals surface area contributed by atoms with Crippen LogP contribution in [0.2, 0.25) is 10.0 Å². The third-order valence-corrected chi connectivity index (χ3v) is 15.2. The van der Waals surface area contributed by atoms with Gasteiger partial charge >= 0.3 is 23.9 Å². The van der Waals surface area contributed by atoms with Crippen LogP contribution in [0.25, 0.3) is 11.1 Å². The van der Waals surface area contributed by atoms with Crippen LogP contribution in [0.5, 0.6) is 11.5 Å². The molecule has 1 saturated carbocycles. The standard InChI is InChI=1S/2C22H26O4.C19H22O4.C9H12.C7H6Cl2.H2/c23-22(20-7-3-1-4-8-20)25-16-19-13-11-18(12-14-19)15-24-17-26-21-9-5-2-6-10-21;1-3-5-15-25-21(23)19-13-9-7-11-17(19)18-12-8-10-14-20(18)22(24)26-16-6-4-2;1-19(2,13-21-15-23-17-11-7-4-8-12-17)14-22-18(20)16-9-5-3-6-10-16;1-2-6-9-7-4-3-5-8-9;1-5-2-3-6(8)4-7(5)9;/h1-10,18-19H,11-17H2;7-14H,3-6,15-16H2,1-2H3;3-12H,13-15H2,1-2H3;3-5,7-8H,2,6H2,1H3;2-4H,1H3;1H. The number of esters is 4. The lowest BCUT2D eigenvalue weighted by atomic mass is 9.83. The lowest BCUT2D eigenvalue weighted by molar-refractivity contribution is -0.0417. The van der Waals surface area contributed by atoms with Crippen molar-refractivity contribution in [2.24, 2.45) is 17.3 Å². The fourth-order valence-electron chi connectivity index (χ4n) is 9.23. The van der Waals surface area contributed by atoms with Gasteiger partial charge in [0, 0.05) is 16.9 Å². The molecule has 0 amide bonds. The van der Waals surface area contributed by atoms with Crippen molar-refractivity contribution in [1.82, 2.24) is 0 Å². The molecular formula is C79H94Cl2O12. The van der Waals surface area contributed by atoms with Gasteiger partial charge in [-0.05, 0) is 159 Å². The highest BCUT2D eigenvalue weighted by Crippen LogP contribution is 2.31. The van der Waals surface area contributed by atoms with Crippen molar-refractivity contribution in [3.05, 3.63) is 262 Å². The van der Waals surface area contributed by atoms with Crippen LogP contribution in [-0.4, -0.2) is 77.1 Å². The summed E-state index contributed by atoms with van der Waals surface area (Å²) in [5.74, 6) is 1.33. The Morgan fingerprint density at radius 2 is 0.871 bits per heavy atom. The molecule has 93 heavy (non-hydrogen) atoms. The zero-order chi connectivity index (χ0) is 66.7. The maximum absolute atomic E-state index is 12.5. The minimum Gasteiger partial charge on any atom is -0.468 e. The molecule has 0 atom stereocenters. The molecule has 12 nitrogen and oxygen atoms in total. The summed E-state index contributed by atoms with van der Waals surface area (Å²) in [6.45, 7) is 15.4. The summed E-state index contributed by atoms with van der Waals surface area (Å²) in [7, 11) is 0. The molecule has 1 fully saturated rings. The zero-order valence-electron chi connectivity index (χ0n) is 54.8. The van der Waals surface area contributed by atoms with E-state index < -0.39 is 0 Å². The summed E-state index contributed by atoms with van der Waals surface area (Å²) in [5, 5.41) is 1.41. The van der Waals surface area contributed by atoms with Crippen LogP contribution in [-0.2, 0) is 34.8 Å². The predicted molar refractivity (Wildman–Crippen MR) is 374 cm³/mol. The molecule has 14 heteroatoms. The van der Waals surface area contributed by atoms with Gasteiger partial charge in [0.1, 0.15) is 11.5 Å². The molecule has 0 aliphatic heterocycles. The van der Waals surface area contributed by atoms with E-state index in [2.05, 4.69) is 37.3 Å². The van der Waals surface area contributed by atoms with Crippen LogP contribution < -0.4 is 9.47 Å². The van der Waals surface area contributed by atoms with Gasteiger partial charge in [0.25, 0.3) is 0 Å². The molecule has 0 heterocycles. The molecule has 496 valence electrons. The molecule has 0 N–H and O–H groups in total. The molecule has 0 spiro atoms. The Bertz CT molecular complexity index is 3290. The lowest BCUT2D eigenvalue weighted by Crippen LogP contribution is -2.28. The summed E-state index contributed by atoms with van der Waals surface area (Å²) >= 11 is 11.4. The van der Waals surface area contributed by atoms with E-state index in [1.807, 2.05) is 168 Å². The number of hydrogen-bond donors (Lipinski definition) is 0. The van der Waals surface area contributed by atoms with Gasteiger partial charge in [0.2, 0.25) is 0 Å². The third kappa shape index (κ3) is 30.4. The first-order valence-corrected chi connectivity index (χ1v) is 32.9. The Hall–Kier alpha value is -8.26. The molecule has 1 aliphatic rings. The number of halogens is 2. The number of benzene rings is 8. The summed E-state index contributed by atoms with van der Waals surface area (Å²) in [6.07, 6.45) is 10.4. The highest BCUT2D eigenvalue weighted by Gasteiger charge is 2.24. The van der Waals surface area contributed by atoms with Crippen molar-refractivity contribution in [2.75, 3.05) is 53.2 Å². The molecule has 9 rings (SSSR count). The normalized spacial score (nSPS) is 13.0. The van der Waals surface area contributed by atoms with Crippen LogP contribution in [0.1, 0.15) is 146 Å². The third-order valence-electron chi connectivity index (χ3n) is 14.5. The van der Waals surface area contributed by atoms with Crippen molar-refractivity contribution in [3.8, 4) is 22.6 Å². The highest BCUT2D eigenvalue weighted by molar-refractivity contribution is 6.35. The topological polar surface area (TPSA) is 142 Å². The van der Waals surface area contributed by atoms with Gasteiger partial charge in [-0.2, -0.15) is 0 Å². The number of unbranched alkanes of at least 4 members (excludes halogenated alkanes) is 2. The molecular weight excluding hydrogens is 1210 g/mol. The van der Waals surface area contributed by atoms with E-state index in [9.17, 15) is 19.2 Å². The Morgan fingerprint density at radius 3 is 1.32 bits per heavy atom. The second-order valence-electron chi connectivity index (χ2n) is 23.0. The number of para-hydroxylation sites is 2. The monoisotopic (exact) mass is 1300 g/mol.